The molecule has 96 valence electrons. The number of thiocarbonyl (C=S) groups is 1. The van der Waals surface area contributed by atoms with Crippen molar-refractivity contribution in [1.82, 2.24) is 10.4 Å². The van der Waals surface area contributed by atoms with E-state index in [1.165, 1.54) is 5.56 Å². The van der Waals surface area contributed by atoms with E-state index in [1.807, 2.05) is 36.4 Å². The molecular formula is C14H13N3S2. The van der Waals surface area contributed by atoms with Crippen LogP contribution in [0.3, 0.4) is 0 Å². The Morgan fingerprint density at radius 2 is 1.89 bits per heavy atom. The Morgan fingerprint density at radius 1 is 1.16 bits per heavy atom. The average molecular weight is 287 g/mol. The van der Waals surface area contributed by atoms with Gasteiger partial charge in [0.25, 0.3) is 0 Å². The monoisotopic (exact) mass is 287 g/mol. The zero-order valence-corrected chi connectivity index (χ0v) is 11.9. The fraction of sp³-hybridized carbons (Fsp3) is 0.0714. The maximum absolute atomic E-state index is 4.85. The van der Waals surface area contributed by atoms with Gasteiger partial charge in [0, 0.05) is 12.6 Å². The number of thiol groups is 1. The molecule has 0 aliphatic carbocycles. The van der Waals surface area contributed by atoms with E-state index in [9.17, 15) is 0 Å². The highest BCUT2D eigenvalue weighted by Gasteiger charge is 2.06. The SMILES string of the molecule is S=C(S)N/N=C(\Cc1ccccc1)c1ccccn1. The second kappa shape index (κ2) is 7.01. The summed E-state index contributed by atoms with van der Waals surface area (Å²) in [6.45, 7) is 0. The van der Waals surface area contributed by atoms with Crippen LogP contribution in [0.2, 0.25) is 0 Å². The molecule has 3 nitrogen and oxygen atoms in total. The highest BCUT2D eigenvalue weighted by atomic mass is 32.1. The highest BCUT2D eigenvalue weighted by molar-refractivity contribution is 8.11. The average Bonchev–Trinajstić information content (AvgIpc) is 2.45. The van der Waals surface area contributed by atoms with Gasteiger partial charge in [0.2, 0.25) is 0 Å². The Labute approximate surface area is 123 Å². The van der Waals surface area contributed by atoms with Gasteiger partial charge in [-0.15, -0.1) is 12.6 Å². The van der Waals surface area contributed by atoms with Crippen molar-refractivity contribution < 1.29 is 0 Å². The lowest BCUT2D eigenvalue weighted by Crippen LogP contribution is -2.16. The molecular weight excluding hydrogens is 274 g/mol. The van der Waals surface area contributed by atoms with Crippen LogP contribution in [0.4, 0.5) is 0 Å². The van der Waals surface area contributed by atoms with Crippen molar-refractivity contribution in [3.8, 4) is 0 Å². The van der Waals surface area contributed by atoms with Gasteiger partial charge in [0.1, 0.15) is 0 Å². The Balaban J connectivity index is 2.25. The van der Waals surface area contributed by atoms with E-state index in [0.717, 1.165) is 11.4 Å². The lowest BCUT2D eigenvalue weighted by atomic mass is 10.1. The second-order valence-electron chi connectivity index (χ2n) is 3.85. The molecule has 1 aromatic heterocycles. The number of rotatable bonds is 4. The molecule has 0 aliphatic rings. The van der Waals surface area contributed by atoms with Crippen molar-refractivity contribution in [2.75, 3.05) is 0 Å². The van der Waals surface area contributed by atoms with Gasteiger partial charge < -0.3 is 0 Å². The third kappa shape index (κ3) is 4.46. The number of hydrogen-bond donors (Lipinski definition) is 2. The van der Waals surface area contributed by atoms with Crippen molar-refractivity contribution in [1.29, 1.82) is 0 Å². The van der Waals surface area contributed by atoms with Crippen LogP contribution in [0.25, 0.3) is 0 Å². The first-order chi connectivity index (χ1) is 9.25. The van der Waals surface area contributed by atoms with Gasteiger partial charge in [-0.3, -0.25) is 10.4 Å². The number of hydrogen-bond acceptors (Lipinski definition) is 3. The molecule has 0 atom stereocenters. The third-order valence-electron chi connectivity index (χ3n) is 2.46. The number of nitrogens with one attached hydrogen (secondary N) is 1. The van der Waals surface area contributed by atoms with Gasteiger partial charge in [0.15, 0.2) is 4.32 Å². The summed E-state index contributed by atoms with van der Waals surface area (Å²) in [7, 11) is 0. The Bertz CT molecular complexity index is 568. The van der Waals surface area contributed by atoms with Crippen molar-refractivity contribution in [2.24, 2.45) is 5.10 Å². The molecule has 0 aliphatic heterocycles. The molecule has 0 saturated carbocycles. The number of aromatic nitrogens is 1. The van der Waals surface area contributed by atoms with Crippen LogP contribution in [0.15, 0.2) is 59.8 Å². The molecule has 1 aromatic carbocycles. The molecule has 19 heavy (non-hydrogen) atoms. The molecule has 5 heteroatoms. The minimum absolute atomic E-state index is 0.335. The first kappa shape index (κ1) is 13.7. The van der Waals surface area contributed by atoms with Gasteiger partial charge in [-0.05, 0) is 17.7 Å². The molecule has 0 unspecified atom stereocenters. The van der Waals surface area contributed by atoms with E-state index in [-0.39, 0.29) is 0 Å². The van der Waals surface area contributed by atoms with Crippen LogP contribution in [-0.4, -0.2) is 15.0 Å². The largest absolute Gasteiger partial charge is 0.262 e. The molecule has 0 spiro atoms. The zero-order valence-electron chi connectivity index (χ0n) is 10.2. The van der Waals surface area contributed by atoms with Crippen molar-refractivity contribution in [3.05, 3.63) is 66.0 Å². The standard InChI is InChI=1S/C14H13N3S2/c18-14(19)17-16-13(12-8-4-5-9-15-12)10-11-6-2-1-3-7-11/h1-9H,10H2,(H2,17,18,19)/b16-13+. The Morgan fingerprint density at radius 3 is 2.53 bits per heavy atom. The van der Waals surface area contributed by atoms with E-state index in [0.29, 0.717) is 10.7 Å². The van der Waals surface area contributed by atoms with Crippen LogP contribution in [0.5, 0.6) is 0 Å². The molecule has 0 saturated heterocycles. The summed E-state index contributed by atoms with van der Waals surface area (Å²) in [5, 5.41) is 4.28. The van der Waals surface area contributed by atoms with Gasteiger partial charge in [-0.2, -0.15) is 5.10 Å². The Hall–Kier alpha value is -1.72. The minimum atomic E-state index is 0.335. The first-order valence-corrected chi connectivity index (χ1v) is 6.62. The lowest BCUT2D eigenvalue weighted by Gasteiger charge is -2.06. The molecule has 0 fully saturated rings. The van der Waals surface area contributed by atoms with Crippen LogP contribution in [0, 0.1) is 0 Å². The van der Waals surface area contributed by atoms with E-state index in [1.54, 1.807) is 6.20 Å². The maximum Gasteiger partial charge on any atom is 0.150 e. The van der Waals surface area contributed by atoms with Gasteiger partial charge in [-0.25, -0.2) is 0 Å². The molecule has 1 heterocycles. The molecule has 1 N–H and O–H groups in total. The molecule has 0 amide bonds. The van der Waals surface area contributed by atoms with Crippen LogP contribution in [0.1, 0.15) is 11.3 Å². The van der Waals surface area contributed by atoms with E-state index < -0.39 is 0 Å². The quantitative estimate of drug-likeness (QED) is 0.393. The van der Waals surface area contributed by atoms with Crippen LogP contribution >= 0.6 is 24.8 Å². The van der Waals surface area contributed by atoms with Gasteiger partial charge in [0.05, 0.1) is 11.4 Å². The summed E-state index contributed by atoms with van der Waals surface area (Å²) in [4.78, 5) is 4.31. The summed E-state index contributed by atoms with van der Waals surface area (Å²) in [6.07, 6.45) is 2.43. The number of hydrazone groups is 1. The van der Waals surface area contributed by atoms with Gasteiger partial charge in [-0.1, -0.05) is 48.6 Å². The number of pyridine rings is 1. The second-order valence-corrected chi connectivity index (χ2v) is 5.01. The molecule has 2 rings (SSSR count). The van der Waals surface area contributed by atoms with Crippen molar-refractivity contribution in [2.45, 2.75) is 6.42 Å². The number of nitrogens with zero attached hydrogens (tertiary/aromatic N) is 2. The fourth-order valence-corrected chi connectivity index (χ4v) is 1.72. The first-order valence-electron chi connectivity index (χ1n) is 5.76. The smallest absolute Gasteiger partial charge is 0.150 e. The topological polar surface area (TPSA) is 37.3 Å². The Kier molecular flexibility index (Phi) is 5.06. The van der Waals surface area contributed by atoms with Crippen LogP contribution in [-0.2, 0) is 6.42 Å². The highest BCUT2D eigenvalue weighted by Crippen LogP contribution is 2.06. The van der Waals surface area contributed by atoms with E-state index in [4.69, 9.17) is 12.2 Å². The summed E-state index contributed by atoms with van der Waals surface area (Å²) in [5.41, 5.74) is 5.52. The molecule has 2 aromatic rings. The van der Waals surface area contributed by atoms with Gasteiger partial charge >= 0.3 is 0 Å². The summed E-state index contributed by atoms with van der Waals surface area (Å²) in [6, 6.07) is 15.8. The maximum atomic E-state index is 4.85. The normalized spacial score (nSPS) is 11.1. The van der Waals surface area contributed by atoms with Crippen LogP contribution < -0.4 is 5.43 Å². The predicted octanol–water partition coefficient (Wildman–Crippen LogP) is 2.83. The van der Waals surface area contributed by atoms with E-state index >= 15 is 0 Å². The lowest BCUT2D eigenvalue weighted by molar-refractivity contribution is 1.04. The van der Waals surface area contributed by atoms with Crippen molar-refractivity contribution in [3.63, 3.8) is 0 Å². The summed E-state index contributed by atoms with van der Waals surface area (Å²) >= 11 is 8.86. The molecule has 0 bridgehead atoms. The number of benzene rings is 1. The summed E-state index contributed by atoms with van der Waals surface area (Å²) < 4.78 is 0.335. The minimum Gasteiger partial charge on any atom is -0.262 e. The zero-order chi connectivity index (χ0) is 13.5. The predicted molar refractivity (Wildman–Crippen MR) is 85.6 cm³/mol. The third-order valence-corrected chi connectivity index (χ3v) is 2.65. The summed E-state index contributed by atoms with van der Waals surface area (Å²) in [5.74, 6) is 0. The van der Waals surface area contributed by atoms with E-state index in [2.05, 4.69) is 40.3 Å². The molecule has 0 radical (unpaired) electrons. The fourth-order valence-electron chi connectivity index (χ4n) is 1.63. The van der Waals surface area contributed by atoms with Crippen molar-refractivity contribution >= 4 is 34.9 Å².